The molecule has 0 heterocycles. The van der Waals surface area contributed by atoms with E-state index in [1.165, 1.54) is 127 Å². The summed E-state index contributed by atoms with van der Waals surface area (Å²) < 4.78 is 26.8. The Balaban J connectivity index is 1.46. The monoisotopic (exact) mass is 556 g/mol. The minimum Gasteiger partial charge on any atom is -0.307 e. The summed E-state index contributed by atoms with van der Waals surface area (Å²) in [5.74, 6) is 0. The lowest BCUT2D eigenvalue weighted by atomic mass is 10.0. The van der Waals surface area contributed by atoms with Crippen LogP contribution in [0.15, 0.2) is 53.4 Å². The number of unbranched alkanes of at least 4 members (excludes halogenated alkanes) is 16. The van der Waals surface area contributed by atoms with Gasteiger partial charge in [-0.2, -0.15) is 0 Å². The van der Waals surface area contributed by atoms with Crippen molar-refractivity contribution in [1.82, 2.24) is 4.72 Å². The number of amides is 2. The lowest BCUT2D eigenvalue weighted by Crippen LogP contribution is -2.34. The van der Waals surface area contributed by atoms with Gasteiger partial charge >= 0.3 is 6.03 Å². The Bertz CT molecular complexity index is 1020. The van der Waals surface area contributed by atoms with Gasteiger partial charge < -0.3 is 5.32 Å². The van der Waals surface area contributed by atoms with Gasteiger partial charge in [0, 0.05) is 5.69 Å². The lowest BCUT2D eigenvalue weighted by Gasteiger charge is -2.09. The van der Waals surface area contributed by atoms with Crippen LogP contribution in [0.5, 0.6) is 0 Å². The molecule has 2 rings (SSSR count). The molecule has 0 aromatic heterocycles. The number of rotatable bonds is 21. The van der Waals surface area contributed by atoms with Gasteiger partial charge in [0.05, 0.1) is 4.90 Å². The van der Waals surface area contributed by atoms with Crippen molar-refractivity contribution in [2.75, 3.05) is 5.32 Å². The smallest absolute Gasteiger partial charge is 0.307 e. The first-order valence-electron chi connectivity index (χ1n) is 15.4. The summed E-state index contributed by atoms with van der Waals surface area (Å²) >= 11 is 0. The molecular weight excluding hydrogens is 504 g/mol. The predicted octanol–water partition coefficient (Wildman–Crippen LogP) is 9.70. The number of carbonyl (C=O) groups is 1. The SMILES string of the molecule is CCCCCCCCCCCCCCCCCCCc1ccc(NC(=O)NS(=O)(=O)c2ccc(C)cc2)cc1. The molecule has 6 heteroatoms. The average molecular weight is 557 g/mol. The molecule has 0 saturated heterocycles. The van der Waals surface area contributed by atoms with Crippen LogP contribution in [-0.2, 0) is 16.4 Å². The van der Waals surface area contributed by atoms with E-state index in [4.69, 9.17) is 0 Å². The molecule has 2 aromatic rings. The summed E-state index contributed by atoms with van der Waals surface area (Å²) in [6.45, 7) is 4.16. The van der Waals surface area contributed by atoms with Crippen LogP contribution >= 0.6 is 0 Å². The molecule has 0 fully saturated rings. The van der Waals surface area contributed by atoms with Crippen molar-refractivity contribution in [3.63, 3.8) is 0 Å². The number of anilines is 1. The first-order valence-corrected chi connectivity index (χ1v) is 16.9. The van der Waals surface area contributed by atoms with Gasteiger partial charge in [-0.05, 0) is 49.6 Å². The van der Waals surface area contributed by atoms with Gasteiger partial charge in [-0.15, -0.1) is 0 Å². The third-order valence-corrected chi connectivity index (χ3v) is 8.69. The summed E-state index contributed by atoms with van der Waals surface area (Å²) in [5.41, 5.74) is 2.75. The average Bonchev–Trinajstić information content (AvgIpc) is 2.91. The van der Waals surface area contributed by atoms with E-state index in [9.17, 15) is 13.2 Å². The van der Waals surface area contributed by atoms with Crippen molar-refractivity contribution in [1.29, 1.82) is 0 Å². The van der Waals surface area contributed by atoms with Crippen LogP contribution in [0.2, 0.25) is 0 Å². The molecule has 0 bridgehead atoms. The summed E-state index contributed by atoms with van der Waals surface area (Å²) in [5, 5.41) is 2.60. The molecular formula is C33H52N2O3S. The number of aryl methyl sites for hydroxylation is 2. The molecule has 5 nitrogen and oxygen atoms in total. The Labute approximate surface area is 238 Å². The van der Waals surface area contributed by atoms with Crippen LogP contribution in [0.1, 0.15) is 127 Å². The van der Waals surface area contributed by atoms with E-state index in [2.05, 4.69) is 17.0 Å². The Morgan fingerprint density at radius 1 is 0.615 bits per heavy atom. The Morgan fingerprint density at radius 2 is 1.05 bits per heavy atom. The molecule has 0 unspecified atom stereocenters. The van der Waals surface area contributed by atoms with E-state index in [0.717, 1.165) is 12.0 Å². The van der Waals surface area contributed by atoms with Crippen molar-refractivity contribution in [2.45, 2.75) is 134 Å². The highest BCUT2D eigenvalue weighted by Crippen LogP contribution is 2.16. The maximum atomic E-state index is 12.4. The standard InChI is InChI=1S/C33H52N2O3S/c1-3-4-5-6-7-8-9-10-11-12-13-14-15-16-17-18-19-20-30-23-25-31(26-24-30)34-33(36)35-39(37,38)32-27-21-29(2)22-28-32/h21-28H,3-20H2,1-2H3,(H2,34,35,36). The first kappa shape index (κ1) is 32.9. The molecule has 218 valence electrons. The van der Waals surface area contributed by atoms with E-state index in [0.29, 0.717) is 5.69 Å². The van der Waals surface area contributed by atoms with Crippen LogP contribution in [0, 0.1) is 6.92 Å². The second kappa shape index (κ2) is 19.7. The topological polar surface area (TPSA) is 75.3 Å². The number of sulfonamides is 1. The highest BCUT2D eigenvalue weighted by Gasteiger charge is 2.17. The third kappa shape index (κ3) is 15.1. The largest absolute Gasteiger partial charge is 0.333 e. The zero-order chi connectivity index (χ0) is 28.2. The number of carbonyl (C=O) groups excluding carboxylic acids is 1. The lowest BCUT2D eigenvalue weighted by molar-refractivity contribution is 0.256. The Hall–Kier alpha value is -2.34. The fourth-order valence-electron chi connectivity index (χ4n) is 4.86. The maximum Gasteiger partial charge on any atom is 0.333 e. The van der Waals surface area contributed by atoms with Crippen molar-refractivity contribution < 1.29 is 13.2 Å². The van der Waals surface area contributed by atoms with E-state index < -0.39 is 16.1 Å². The van der Waals surface area contributed by atoms with Crippen molar-refractivity contribution in [2.24, 2.45) is 0 Å². The first-order chi connectivity index (χ1) is 18.9. The zero-order valence-electron chi connectivity index (χ0n) is 24.5. The van der Waals surface area contributed by atoms with Crippen molar-refractivity contribution in [3.8, 4) is 0 Å². The Kier molecular flexibility index (Phi) is 16.6. The molecule has 2 N–H and O–H groups in total. The number of urea groups is 1. The van der Waals surface area contributed by atoms with Gasteiger partial charge in [-0.25, -0.2) is 17.9 Å². The second-order valence-electron chi connectivity index (χ2n) is 11.0. The molecule has 0 radical (unpaired) electrons. The number of benzene rings is 2. The number of nitrogens with one attached hydrogen (secondary N) is 2. The third-order valence-electron chi connectivity index (χ3n) is 7.34. The molecule has 0 atom stereocenters. The van der Waals surface area contributed by atoms with Crippen LogP contribution < -0.4 is 10.0 Å². The van der Waals surface area contributed by atoms with E-state index in [1.807, 2.05) is 31.2 Å². The molecule has 0 aliphatic heterocycles. The van der Waals surface area contributed by atoms with Gasteiger partial charge in [0.15, 0.2) is 0 Å². The van der Waals surface area contributed by atoms with Gasteiger partial charge in [0.25, 0.3) is 10.0 Å². The molecule has 0 spiro atoms. The van der Waals surface area contributed by atoms with Crippen molar-refractivity contribution >= 4 is 21.7 Å². The second-order valence-corrected chi connectivity index (χ2v) is 12.7. The molecule has 39 heavy (non-hydrogen) atoms. The normalized spacial score (nSPS) is 11.4. The van der Waals surface area contributed by atoms with Gasteiger partial charge in [0.2, 0.25) is 0 Å². The van der Waals surface area contributed by atoms with Crippen LogP contribution in [0.3, 0.4) is 0 Å². The quantitative estimate of drug-likeness (QED) is 0.150. The minimum absolute atomic E-state index is 0.0627. The molecule has 2 aromatic carbocycles. The number of hydrogen-bond donors (Lipinski definition) is 2. The molecule has 0 saturated carbocycles. The molecule has 2 amide bonds. The zero-order valence-corrected chi connectivity index (χ0v) is 25.3. The number of hydrogen-bond acceptors (Lipinski definition) is 3. The van der Waals surface area contributed by atoms with Gasteiger partial charge in [0.1, 0.15) is 0 Å². The highest BCUT2D eigenvalue weighted by molar-refractivity contribution is 7.90. The van der Waals surface area contributed by atoms with Gasteiger partial charge in [-0.3, -0.25) is 0 Å². The van der Waals surface area contributed by atoms with Crippen LogP contribution in [0.4, 0.5) is 10.5 Å². The summed E-state index contributed by atoms with van der Waals surface area (Å²) in [6.07, 6.45) is 24.4. The van der Waals surface area contributed by atoms with Crippen LogP contribution in [-0.4, -0.2) is 14.4 Å². The van der Waals surface area contributed by atoms with E-state index >= 15 is 0 Å². The maximum absolute atomic E-state index is 12.4. The van der Waals surface area contributed by atoms with Gasteiger partial charge in [-0.1, -0.05) is 139 Å². The summed E-state index contributed by atoms with van der Waals surface area (Å²) in [7, 11) is -3.90. The molecule has 0 aliphatic rings. The minimum atomic E-state index is -3.90. The molecule has 0 aliphatic carbocycles. The van der Waals surface area contributed by atoms with E-state index in [-0.39, 0.29) is 4.90 Å². The predicted molar refractivity (Wildman–Crippen MR) is 165 cm³/mol. The van der Waals surface area contributed by atoms with E-state index in [1.54, 1.807) is 12.1 Å². The summed E-state index contributed by atoms with van der Waals surface area (Å²) in [4.78, 5) is 12.3. The van der Waals surface area contributed by atoms with Crippen LogP contribution in [0.25, 0.3) is 0 Å². The van der Waals surface area contributed by atoms with Crippen molar-refractivity contribution in [3.05, 3.63) is 59.7 Å². The fraction of sp³-hybridized carbons (Fsp3) is 0.606. The highest BCUT2D eigenvalue weighted by atomic mass is 32.2. The fourth-order valence-corrected chi connectivity index (χ4v) is 5.77. The summed E-state index contributed by atoms with van der Waals surface area (Å²) in [6, 6.07) is 13.2. The Morgan fingerprint density at radius 3 is 1.51 bits per heavy atom.